The molecule has 0 aliphatic heterocycles. The van der Waals surface area contributed by atoms with Crippen LogP contribution in [0.25, 0.3) is 0 Å². The average Bonchev–Trinajstić information content (AvgIpc) is 2.86. The van der Waals surface area contributed by atoms with Crippen LogP contribution in [0, 0.1) is 5.82 Å². The molecule has 0 amide bonds. The lowest BCUT2D eigenvalue weighted by molar-refractivity contribution is 0.410. The molecule has 6 heteroatoms. The third kappa shape index (κ3) is 2.96. The highest BCUT2D eigenvalue weighted by Crippen LogP contribution is 2.23. The van der Waals surface area contributed by atoms with Crippen LogP contribution in [0.15, 0.2) is 24.5 Å². The monoisotopic (exact) mass is 278 g/mol. The van der Waals surface area contributed by atoms with Gasteiger partial charge in [-0.3, -0.25) is 0 Å². The van der Waals surface area contributed by atoms with Crippen molar-refractivity contribution in [3.05, 3.63) is 41.7 Å². The summed E-state index contributed by atoms with van der Waals surface area (Å²) in [7, 11) is 1.50. The molecular formula is C14H19FN4O. The van der Waals surface area contributed by atoms with Crippen LogP contribution < -0.4 is 10.5 Å². The van der Waals surface area contributed by atoms with Crippen LogP contribution in [0.1, 0.15) is 37.3 Å². The van der Waals surface area contributed by atoms with E-state index < -0.39 is 6.04 Å². The number of rotatable bonds is 5. The largest absolute Gasteiger partial charge is 0.497 e. The average molecular weight is 278 g/mol. The Morgan fingerprint density at radius 3 is 2.75 bits per heavy atom. The first-order chi connectivity index (χ1) is 9.52. The van der Waals surface area contributed by atoms with Crippen molar-refractivity contribution < 1.29 is 9.13 Å². The van der Waals surface area contributed by atoms with Gasteiger partial charge in [0.15, 0.2) is 0 Å². The first-order valence-electron chi connectivity index (χ1n) is 6.50. The van der Waals surface area contributed by atoms with Crippen molar-refractivity contribution in [2.75, 3.05) is 7.11 Å². The second-order valence-corrected chi connectivity index (χ2v) is 4.91. The molecule has 2 N–H and O–H groups in total. The van der Waals surface area contributed by atoms with Gasteiger partial charge in [0.25, 0.3) is 0 Å². The van der Waals surface area contributed by atoms with Crippen LogP contribution in [-0.2, 0) is 6.42 Å². The summed E-state index contributed by atoms with van der Waals surface area (Å²) in [6.45, 7) is 4.02. The van der Waals surface area contributed by atoms with Crippen molar-refractivity contribution in [3.63, 3.8) is 0 Å². The Morgan fingerprint density at radius 1 is 1.40 bits per heavy atom. The van der Waals surface area contributed by atoms with E-state index in [0.717, 1.165) is 5.82 Å². The van der Waals surface area contributed by atoms with Crippen LogP contribution >= 0.6 is 0 Å². The van der Waals surface area contributed by atoms with Gasteiger partial charge in [-0.25, -0.2) is 14.1 Å². The summed E-state index contributed by atoms with van der Waals surface area (Å²) in [5.41, 5.74) is 6.53. The number of aromatic nitrogens is 3. The molecule has 1 aromatic heterocycles. The maximum absolute atomic E-state index is 14.0. The third-order valence-electron chi connectivity index (χ3n) is 3.15. The lowest BCUT2D eigenvalue weighted by Crippen LogP contribution is -2.19. The van der Waals surface area contributed by atoms with Crippen LogP contribution in [-0.4, -0.2) is 21.9 Å². The topological polar surface area (TPSA) is 66.0 Å². The van der Waals surface area contributed by atoms with Gasteiger partial charge >= 0.3 is 0 Å². The van der Waals surface area contributed by atoms with Gasteiger partial charge < -0.3 is 10.5 Å². The second-order valence-electron chi connectivity index (χ2n) is 4.91. The van der Waals surface area contributed by atoms with Gasteiger partial charge in [0, 0.05) is 30.1 Å². The molecule has 0 bridgehead atoms. The zero-order chi connectivity index (χ0) is 14.7. The van der Waals surface area contributed by atoms with Crippen molar-refractivity contribution in [3.8, 4) is 5.75 Å². The molecule has 20 heavy (non-hydrogen) atoms. The molecule has 1 heterocycles. The SMILES string of the molecule is COc1ccc(C(N)Cc2ncnn2C(C)C)c(F)c1. The molecule has 2 rings (SSSR count). The van der Waals surface area contributed by atoms with Gasteiger partial charge in [-0.2, -0.15) is 5.10 Å². The van der Waals surface area contributed by atoms with E-state index in [-0.39, 0.29) is 11.9 Å². The number of nitrogens with two attached hydrogens (primary N) is 1. The van der Waals surface area contributed by atoms with E-state index in [1.54, 1.807) is 16.8 Å². The number of methoxy groups -OCH3 is 1. The lowest BCUT2D eigenvalue weighted by atomic mass is 10.0. The van der Waals surface area contributed by atoms with Gasteiger partial charge in [-0.15, -0.1) is 0 Å². The molecule has 2 aromatic rings. The summed E-state index contributed by atoms with van der Waals surface area (Å²) in [5.74, 6) is 0.860. The first-order valence-corrected chi connectivity index (χ1v) is 6.50. The molecule has 0 radical (unpaired) electrons. The number of hydrogen-bond acceptors (Lipinski definition) is 4. The Balaban J connectivity index is 2.19. The molecule has 5 nitrogen and oxygen atoms in total. The number of benzene rings is 1. The third-order valence-corrected chi connectivity index (χ3v) is 3.15. The molecule has 0 aliphatic carbocycles. The fourth-order valence-corrected chi connectivity index (χ4v) is 2.09. The molecule has 108 valence electrons. The van der Waals surface area contributed by atoms with Crippen LogP contribution in [0.5, 0.6) is 5.75 Å². The van der Waals surface area contributed by atoms with E-state index >= 15 is 0 Å². The predicted molar refractivity (Wildman–Crippen MR) is 74.0 cm³/mol. The zero-order valence-corrected chi connectivity index (χ0v) is 11.9. The molecule has 0 aliphatic rings. The van der Waals surface area contributed by atoms with Gasteiger partial charge in [-0.05, 0) is 19.9 Å². The van der Waals surface area contributed by atoms with E-state index in [4.69, 9.17) is 10.5 Å². The first kappa shape index (κ1) is 14.5. The van der Waals surface area contributed by atoms with Crippen molar-refractivity contribution in [1.82, 2.24) is 14.8 Å². The van der Waals surface area contributed by atoms with Crippen LogP contribution in [0.2, 0.25) is 0 Å². The molecule has 0 saturated heterocycles. The molecule has 1 atom stereocenters. The normalized spacial score (nSPS) is 12.7. The van der Waals surface area contributed by atoms with E-state index in [1.807, 2.05) is 13.8 Å². The fourth-order valence-electron chi connectivity index (χ4n) is 2.09. The van der Waals surface area contributed by atoms with E-state index in [1.165, 1.54) is 19.5 Å². The van der Waals surface area contributed by atoms with Crippen molar-refractivity contribution in [1.29, 1.82) is 0 Å². The Labute approximate surface area is 117 Å². The van der Waals surface area contributed by atoms with Crippen LogP contribution in [0.4, 0.5) is 4.39 Å². The Hall–Kier alpha value is -1.95. The van der Waals surface area contributed by atoms with Crippen molar-refractivity contribution in [2.24, 2.45) is 5.73 Å². The molecule has 0 spiro atoms. The van der Waals surface area contributed by atoms with Crippen molar-refractivity contribution in [2.45, 2.75) is 32.4 Å². The van der Waals surface area contributed by atoms with E-state index in [9.17, 15) is 4.39 Å². The maximum atomic E-state index is 14.0. The molecular weight excluding hydrogens is 259 g/mol. The highest BCUT2D eigenvalue weighted by Gasteiger charge is 2.17. The minimum Gasteiger partial charge on any atom is -0.497 e. The van der Waals surface area contributed by atoms with Gasteiger partial charge in [0.05, 0.1) is 7.11 Å². The Bertz CT molecular complexity index is 582. The standard InChI is InChI=1S/C14H19FN4O/c1-9(2)19-14(17-8-18-19)7-13(16)11-5-4-10(20-3)6-12(11)15/h4-6,8-9,13H,7,16H2,1-3H3. The van der Waals surface area contributed by atoms with Crippen molar-refractivity contribution >= 4 is 0 Å². The smallest absolute Gasteiger partial charge is 0.138 e. The molecule has 1 aromatic carbocycles. The van der Waals surface area contributed by atoms with Gasteiger partial charge in [0.1, 0.15) is 23.7 Å². The fraction of sp³-hybridized carbons (Fsp3) is 0.429. The summed E-state index contributed by atoms with van der Waals surface area (Å²) in [6, 6.07) is 4.41. The summed E-state index contributed by atoms with van der Waals surface area (Å²) in [4.78, 5) is 4.19. The molecule has 0 fully saturated rings. The quantitative estimate of drug-likeness (QED) is 0.911. The number of halogens is 1. The molecule has 1 unspecified atom stereocenters. The number of nitrogens with zero attached hydrogens (tertiary/aromatic N) is 3. The van der Waals surface area contributed by atoms with E-state index in [2.05, 4.69) is 10.1 Å². The minimum absolute atomic E-state index is 0.195. The van der Waals surface area contributed by atoms with E-state index in [0.29, 0.717) is 17.7 Å². The summed E-state index contributed by atoms with van der Waals surface area (Å²) in [5, 5.41) is 4.15. The Morgan fingerprint density at radius 2 is 2.15 bits per heavy atom. The lowest BCUT2D eigenvalue weighted by Gasteiger charge is -2.15. The zero-order valence-electron chi connectivity index (χ0n) is 11.9. The maximum Gasteiger partial charge on any atom is 0.138 e. The Kier molecular flexibility index (Phi) is 4.34. The number of ether oxygens (including phenoxy) is 1. The second kappa shape index (κ2) is 6.00. The van der Waals surface area contributed by atoms with Crippen LogP contribution in [0.3, 0.4) is 0 Å². The summed E-state index contributed by atoms with van der Waals surface area (Å²) in [6.07, 6.45) is 1.92. The molecule has 0 saturated carbocycles. The minimum atomic E-state index is -0.470. The number of hydrogen-bond donors (Lipinski definition) is 1. The van der Waals surface area contributed by atoms with Gasteiger partial charge in [-0.1, -0.05) is 6.07 Å². The predicted octanol–water partition coefficient (Wildman–Crippen LogP) is 2.25. The highest BCUT2D eigenvalue weighted by molar-refractivity contribution is 5.31. The summed E-state index contributed by atoms with van der Waals surface area (Å²) >= 11 is 0. The van der Waals surface area contributed by atoms with Gasteiger partial charge in [0.2, 0.25) is 0 Å². The highest BCUT2D eigenvalue weighted by atomic mass is 19.1. The summed E-state index contributed by atoms with van der Waals surface area (Å²) < 4.78 is 20.7.